The number of carboxylic acid groups (broad SMARTS) is 1. The Kier molecular flexibility index (Phi) is 11.4. The summed E-state index contributed by atoms with van der Waals surface area (Å²) >= 11 is 0. The van der Waals surface area contributed by atoms with Crippen LogP contribution >= 0.6 is 0 Å². The number of benzene rings is 1. The highest BCUT2D eigenvalue weighted by atomic mass is 16.4. The molecule has 3 N–H and O–H groups in total. The second-order valence-electron chi connectivity index (χ2n) is 10.0. The summed E-state index contributed by atoms with van der Waals surface area (Å²) in [6.07, 6.45) is 7.28. The van der Waals surface area contributed by atoms with Crippen LogP contribution in [0.15, 0.2) is 65.1 Å². The molecule has 1 saturated heterocycles. The molecular weight excluding hydrogens is 504 g/mol. The molecule has 0 spiro atoms. The number of carbonyl (C=O) groups excluding carboxylic acids is 1. The highest BCUT2D eigenvalue weighted by molar-refractivity contribution is 6.10. The number of aliphatic imine (C=N–C) groups is 1. The molecule has 0 atom stereocenters. The lowest BCUT2D eigenvalue weighted by molar-refractivity contribution is -0.137. The number of aromatic nitrogens is 1. The number of piperazine rings is 1. The van der Waals surface area contributed by atoms with E-state index in [0.717, 1.165) is 66.5 Å². The zero-order valence-corrected chi connectivity index (χ0v) is 24.1. The van der Waals surface area contributed by atoms with Crippen molar-refractivity contribution in [3.05, 3.63) is 76.8 Å². The van der Waals surface area contributed by atoms with Crippen LogP contribution in [0, 0.1) is 0 Å². The van der Waals surface area contributed by atoms with Gasteiger partial charge in [-0.25, -0.2) is 9.98 Å². The first-order valence-electron chi connectivity index (χ1n) is 13.9. The molecule has 40 heavy (non-hydrogen) atoms. The highest BCUT2D eigenvalue weighted by Gasteiger charge is 2.21. The normalized spacial score (nSPS) is 14.9. The monoisotopic (exact) mass is 546 g/mol. The average molecular weight is 547 g/mol. The molecule has 1 aliphatic rings. The van der Waals surface area contributed by atoms with E-state index in [0.29, 0.717) is 13.0 Å². The topological polar surface area (TPSA) is 115 Å². The number of hydrogen-bond acceptors (Lipinski definition) is 7. The molecule has 1 aliphatic heterocycles. The van der Waals surface area contributed by atoms with E-state index in [1.165, 1.54) is 5.57 Å². The molecule has 0 unspecified atom stereocenters. The SMILES string of the molecule is C\C=C(/C=N\C(=C(/C)CC)N1CCN(c2ccc(CCC(=O)O)cn2)CC1)c1cccc(CN(C)C(=O)CN)c1. The summed E-state index contributed by atoms with van der Waals surface area (Å²) in [7, 11) is 1.76. The Bertz CT molecular complexity index is 1240. The minimum atomic E-state index is -0.798. The smallest absolute Gasteiger partial charge is 0.303 e. The van der Waals surface area contributed by atoms with Crippen LogP contribution in [-0.4, -0.2) is 77.8 Å². The van der Waals surface area contributed by atoms with E-state index in [-0.39, 0.29) is 18.9 Å². The van der Waals surface area contributed by atoms with Gasteiger partial charge in [0.05, 0.1) is 6.54 Å². The minimum Gasteiger partial charge on any atom is -0.481 e. The van der Waals surface area contributed by atoms with E-state index in [9.17, 15) is 9.59 Å². The van der Waals surface area contributed by atoms with Gasteiger partial charge in [-0.2, -0.15) is 0 Å². The molecule has 9 heteroatoms. The Labute approximate surface area is 237 Å². The molecule has 0 saturated carbocycles. The molecule has 3 rings (SSSR count). The number of aryl methyl sites for hydroxylation is 1. The molecule has 1 amide bonds. The largest absolute Gasteiger partial charge is 0.481 e. The Morgan fingerprint density at radius 1 is 1.15 bits per heavy atom. The zero-order valence-electron chi connectivity index (χ0n) is 24.1. The van der Waals surface area contributed by atoms with Gasteiger partial charge >= 0.3 is 5.97 Å². The van der Waals surface area contributed by atoms with Gasteiger partial charge in [-0.05, 0) is 66.7 Å². The summed E-state index contributed by atoms with van der Waals surface area (Å²) in [5, 5.41) is 8.90. The average Bonchev–Trinajstić information content (AvgIpc) is 2.98. The lowest BCUT2D eigenvalue weighted by atomic mass is 10.0. The number of nitrogens with two attached hydrogens (primary N) is 1. The fourth-order valence-electron chi connectivity index (χ4n) is 4.58. The van der Waals surface area contributed by atoms with Crippen molar-refractivity contribution in [1.82, 2.24) is 14.8 Å². The van der Waals surface area contributed by atoms with Crippen molar-refractivity contribution < 1.29 is 14.7 Å². The second-order valence-corrected chi connectivity index (χ2v) is 10.0. The highest BCUT2D eigenvalue weighted by Crippen LogP contribution is 2.22. The number of pyridine rings is 1. The first kappa shape index (κ1) is 30.6. The van der Waals surface area contributed by atoms with Gasteiger partial charge in [-0.1, -0.05) is 37.3 Å². The summed E-state index contributed by atoms with van der Waals surface area (Å²) in [4.78, 5) is 38.5. The minimum absolute atomic E-state index is 0.000498. The van der Waals surface area contributed by atoms with Crippen LogP contribution in [0.1, 0.15) is 50.3 Å². The van der Waals surface area contributed by atoms with E-state index in [4.69, 9.17) is 15.8 Å². The summed E-state index contributed by atoms with van der Waals surface area (Å²) < 4.78 is 0. The van der Waals surface area contributed by atoms with Crippen molar-refractivity contribution in [2.45, 2.75) is 46.6 Å². The van der Waals surface area contributed by atoms with Crippen LogP contribution in [0.2, 0.25) is 0 Å². The van der Waals surface area contributed by atoms with E-state index < -0.39 is 5.97 Å². The zero-order chi connectivity index (χ0) is 29.1. The fourth-order valence-corrected chi connectivity index (χ4v) is 4.58. The number of amides is 1. The van der Waals surface area contributed by atoms with E-state index in [2.05, 4.69) is 46.8 Å². The Morgan fingerprint density at radius 3 is 2.50 bits per heavy atom. The van der Waals surface area contributed by atoms with Crippen molar-refractivity contribution in [2.24, 2.45) is 10.7 Å². The van der Waals surface area contributed by atoms with Gasteiger partial charge in [-0.15, -0.1) is 0 Å². The first-order valence-corrected chi connectivity index (χ1v) is 13.9. The molecule has 214 valence electrons. The third-order valence-corrected chi connectivity index (χ3v) is 7.17. The van der Waals surface area contributed by atoms with Gasteiger partial charge in [0.15, 0.2) is 0 Å². The van der Waals surface area contributed by atoms with Crippen LogP contribution in [0.5, 0.6) is 0 Å². The van der Waals surface area contributed by atoms with Gasteiger partial charge in [0.2, 0.25) is 5.91 Å². The molecule has 1 aromatic heterocycles. The summed E-state index contributed by atoms with van der Waals surface area (Å²) in [5.41, 5.74) is 10.8. The Morgan fingerprint density at radius 2 is 1.90 bits per heavy atom. The molecule has 1 fully saturated rings. The standard InChI is InChI=1S/C31H42N6O3/c1-5-23(3)31(34-21-26(6-2)27-9-7-8-25(18-27)22-35(4)29(38)19-32)37-16-14-36(15-17-37)28-12-10-24(20-33-28)11-13-30(39)40/h6-10,12,18,20-21H,5,11,13-17,19,22,32H2,1-4H3,(H,39,40)/b26-6+,31-23-,34-21-. The molecule has 0 aliphatic carbocycles. The Balaban J connectivity index is 1.68. The maximum Gasteiger partial charge on any atom is 0.303 e. The van der Waals surface area contributed by atoms with Crippen LogP contribution < -0.4 is 10.6 Å². The van der Waals surface area contributed by atoms with E-state index >= 15 is 0 Å². The molecule has 2 heterocycles. The van der Waals surface area contributed by atoms with Gasteiger partial charge in [0.25, 0.3) is 0 Å². The van der Waals surface area contributed by atoms with Crippen molar-refractivity contribution in [2.75, 3.05) is 44.7 Å². The third kappa shape index (κ3) is 8.51. The van der Waals surface area contributed by atoms with Crippen LogP contribution in [0.3, 0.4) is 0 Å². The fraction of sp³-hybridized carbons (Fsp3) is 0.419. The van der Waals surface area contributed by atoms with Crippen molar-refractivity contribution in [1.29, 1.82) is 0 Å². The van der Waals surface area contributed by atoms with Crippen molar-refractivity contribution in [3.63, 3.8) is 0 Å². The first-order chi connectivity index (χ1) is 19.2. The number of carbonyl (C=O) groups is 2. The van der Waals surface area contributed by atoms with Crippen LogP contribution in [-0.2, 0) is 22.6 Å². The van der Waals surface area contributed by atoms with Crippen molar-refractivity contribution >= 4 is 29.5 Å². The van der Waals surface area contributed by atoms with Crippen LogP contribution in [0.4, 0.5) is 5.82 Å². The second kappa shape index (κ2) is 15.0. The molecule has 9 nitrogen and oxygen atoms in total. The predicted molar refractivity (Wildman–Crippen MR) is 161 cm³/mol. The van der Waals surface area contributed by atoms with Crippen LogP contribution in [0.25, 0.3) is 5.57 Å². The van der Waals surface area contributed by atoms with Crippen molar-refractivity contribution in [3.8, 4) is 0 Å². The maximum absolute atomic E-state index is 11.9. The number of likely N-dealkylation sites (N-methyl/N-ethyl adjacent to an activating group) is 1. The van der Waals surface area contributed by atoms with E-state index in [1.807, 2.05) is 37.4 Å². The summed E-state index contributed by atoms with van der Waals surface area (Å²) in [6, 6.07) is 12.1. The predicted octanol–water partition coefficient (Wildman–Crippen LogP) is 3.95. The molecule has 1 aromatic carbocycles. The summed E-state index contributed by atoms with van der Waals surface area (Å²) in [6.45, 7) is 10.1. The molecule has 2 aromatic rings. The van der Waals surface area contributed by atoms with Gasteiger partial charge in [0, 0.05) is 58.6 Å². The number of aliphatic carboxylic acids is 1. The maximum atomic E-state index is 11.9. The van der Waals surface area contributed by atoms with Gasteiger partial charge < -0.3 is 25.5 Å². The number of carboxylic acids is 1. The molecular formula is C31H42N6O3. The molecule has 0 bridgehead atoms. The quantitative estimate of drug-likeness (QED) is 0.387. The van der Waals surface area contributed by atoms with E-state index in [1.54, 1.807) is 18.1 Å². The Hall–Kier alpha value is -3.98. The number of allylic oxidation sites excluding steroid dienone is 3. The number of rotatable bonds is 12. The lowest BCUT2D eigenvalue weighted by Crippen LogP contribution is -2.46. The number of anilines is 1. The summed E-state index contributed by atoms with van der Waals surface area (Å²) in [5.74, 6) is 1.03. The van der Waals surface area contributed by atoms with Gasteiger partial charge in [-0.3, -0.25) is 9.59 Å². The lowest BCUT2D eigenvalue weighted by Gasteiger charge is -2.37. The number of nitrogens with zero attached hydrogens (tertiary/aromatic N) is 5. The molecule has 0 radical (unpaired) electrons. The number of hydrogen-bond donors (Lipinski definition) is 2. The van der Waals surface area contributed by atoms with Gasteiger partial charge in [0.1, 0.15) is 11.6 Å². The third-order valence-electron chi connectivity index (χ3n) is 7.17.